The molecule has 1 aromatic heterocycles. The molecular formula is C2H2N3W-. The van der Waals surface area contributed by atoms with Gasteiger partial charge in [-0.2, -0.15) is 0 Å². The van der Waals surface area contributed by atoms with Crippen molar-refractivity contribution in [2.24, 2.45) is 0 Å². The van der Waals surface area contributed by atoms with E-state index >= 15 is 0 Å². The predicted octanol–water partition coefficient (Wildman–Crippen LogP) is -0.569. The van der Waals surface area contributed by atoms with Crippen molar-refractivity contribution in [2.75, 3.05) is 0 Å². The maximum atomic E-state index is 3.50. The number of nitrogens with zero attached hydrogens (tertiary/aromatic N) is 3. The minimum atomic E-state index is 0. The summed E-state index contributed by atoms with van der Waals surface area (Å²) in [6.07, 6.45) is 2.78. The van der Waals surface area contributed by atoms with Gasteiger partial charge in [-0.3, -0.25) is 5.10 Å². The molecule has 6 heavy (non-hydrogen) atoms. The average Bonchev–Trinajstić information content (AvgIpc) is 1.76. The van der Waals surface area contributed by atoms with Crippen LogP contribution in [0.5, 0.6) is 0 Å². The molecule has 0 saturated heterocycles. The largest absolute Gasteiger partial charge is 0.432 e. The topological polar surface area (TPSA) is 39.9 Å². The van der Waals surface area contributed by atoms with E-state index in [1.54, 1.807) is 0 Å². The van der Waals surface area contributed by atoms with Gasteiger partial charge >= 0.3 is 0 Å². The van der Waals surface area contributed by atoms with Gasteiger partial charge in [0.05, 0.1) is 0 Å². The molecule has 0 atom stereocenters. The second-order valence-electron chi connectivity index (χ2n) is 0.611. The fourth-order valence-electron chi connectivity index (χ4n) is 0.149. The SMILES string of the molecule is [W].c1nc[n-]n1. The van der Waals surface area contributed by atoms with E-state index in [0.717, 1.165) is 0 Å². The van der Waals surface area contributed by atoms with Crippen molar-refractivity contribution in [3.05, 3.63) is 12.7 Å². The number of aromatic nitrogens is 3. The third-order valence-corrected chi connectivity index (χ3v) is 0.303. The number of hydrogen-bond donors (Lipinski definition) is 0. The first-order chi connectivity index (χ1) is 2.50. The maximum absolute atomic E-state index is 3.50. The van der Waals surface area contributed by atoms with Crippen LogP contribution >= 0.6 is 0 Å². The van der Waals surface area contributed by atoms with E-state index in [-0.39, 0.29) is 21.1 Å². The van der Waals surface area contributed by atoms with Crippen molar-refractivity contribution in [3.63, 3.8) is 0 Å². The average molecular weight is 252 g/mol. The summed E-state index contributed by atoms with van der Waals surface area (Å²) >= 11 is 0. The van der Waals surface area contributed by atoms with Crippen LogP contribution in [0.2, 0.25) is 0 Å². The van der Waals surface area contributed by atoms with Crippen molar-refractivity contribution >= 4 is 0 Å². The summed E-state index contributed by atoms with van der Waals surface area (Å²) < 4.78 is 0. The summed E-state index contributed by atoms with van der Waals surface area (Å²) in [5.74, 6) is 0. The van der Waals surface area contributed by atoms with Crippen molar-refractivity contribution < 1.29 is 21.1 Å². The second kappa shape index (κ2) is 3.04. The molecule has 32 valence electrons. The van der Waals surface area contributed by atoms with E-state index in [9.17, 15) is 0 Å². The van der Waals surface area contributed by atoms with Crippen LogP contribution in [0.3, 0.4) is 0 Å². The third-order valence-electron chi connectivity index (χ3n) is 0.303. The van der Waals surface area contributed by atoms with Crippen LogP contribution in [-0.4, -0.2) is 10.1 Å². The Bertz CT molecular complexity index is 65.3. The molecule has 0 bridgehead atoms. The molecule has 0 amide bonds. The third kappa shape index (κ3) is 1.31. The molecule has 1 aromatic rings. The van der Waals surface area contributed by atoms with Gasteiger partial charge in [0.15, 0.2) is 0 Å². The molecule has 0 aromatic carbocycles. The van der Waals surface area contributed by atoms with Gasteiger partial charge in [-0.25, -0.2) is 0 Å². The van der Waals surface area contributed by atoms with Gasteiger partial charge in [-0.15, -0.1) is 0 Å². The van der Waals surface area contributed by atoms with Gasteiger partial charge in [0, 0.05) is 27.4 Å². The van der Waals surface area contributed by atoms with Crippen molar-refractivity contribution in [3.8, 4) is 0 Å². The maximum Gasteiger partial charge on any atom is 0.0119 e. The first-order valence-electron chi connectivity index (χ1n) is 1.23. The molecule has 1 rings (SSSR count). The minimum absolute atomic E-state index is 0. The van der Waals surface area contributed by atoms with Gasteiger partial charge in [-0.1, -0.05) is 6.33 Å². The van der Waals surface area contributed by atoms with Crippen LogP contribution in [0.25, 0.3) is 0 Å². The van der Waals surface area contributed by atoms with Gasteiger partial charge in [0.2, 0.25) is 0 Å². The molecule has 0 saturated carbocycles. The van der Waals surface area contributed by atoms with Gasteiger partial charge in [0.25, 0.3) is 0 Å². The fourth-order valence-corrected chi connectivity index (χ4v) is 0.149. The van der Waals surface area contributed by atoms with E-state index in [1.165, 1.54) is 12.7 Å². The van der Waals surface area contributed by atoms with Crippen LogP contribution in [0, 0.1) is 0 Å². The molecule has 0 aliphatic heterocycles. The summed E-state index contributed by atoms with van der Waals surface area (Å²) in [6, 6.07) is 0. The molecule has 0 spiro atoms. The monoisotopic (exact) mass is 252 g/mol. The Morgan fingerprint density at radius 1 is 1.50 bits per heavy atom. The molecule has 0 N–H and O–H groups in total. The van der Waals surface area contributed by atoms with E-state index in [0.29, 0.717) is 0 Å². The first-order valence-corrected chi connectivity index (χ1v) is 1.23. The molecule has 0 radical (unpaired) electrons. The Balaban J connectivity index is 0.000000250. The quantitative estimate of drug-likeness (QED) is 0.620. The van der Waals surface area contributed by atoms with E-state index in [4.69, 9.17) is 0 Å². The van der Waals surface area contributed by atoms with Crippen molar-refractivity contribution in [1.29, 1.82) is 0 Å². The summed E-state index contributed by atoms with van der Waals surface area (Å²) in [4.78, 5) is 3.50. The normalized spacial score (nSPS) is 6.67. The smallest absolute Gasteiger partial charge is 0.0119 e. The Kier molecular flexibility index (Phi) is 2.95. The van der Waals surface area contributed by atoms with Gasteiger partial charge < -0.3 is 10.1 Å². The van der Waals surface area contributed by atoms with Gasteiger partial charge in [-0.05, 0) is 0 Å². The molecule has 0 fully saturated rings. The predicted molar refractivity (Wildman–Crippen MR) is 15.4 cm³/mol. The Morgan fingerprint density at radius 3 is 2.50 bits per heavy atom. The van der Waals surface area contributed by atoms with E-state index in [1.807, 2.05) is 0 Å². The fraction of sp³-hybridized carbons (Fsp3) is 0. The summed E-state index contributed by atoms with van der Waals surface area (Å²) in [6.45, 7) is 0. The van der Waals surface area contributed by atoms with Crippen LogP contribution in [0.15, 0.2) is 12.7 Å². The first kappa shape index (κ1) is 5.83. The van der Waals surface area contributed by atoms with Crippen LogP contribution in [-0.2, 0) is 21.1 Å². The Morgan fingerprint density at radius 2 is 2.33 bits per heavy atom. The van der Waals surface area contributed by atoms with Crippen molar-refractivity contribution in [2.45, 2.75) is 0 Å². The second-order valence-corrected chi connectivity index (χ2v) is 0.611. The summed E-state index contributed by atoms with van der Waals surface area (Å²) in [7, 11) is 0. The Hall–Kier alpha value is -0.172. The van der Waals surface area contributed by atoms with Gasteiger partial charge in [0.1, 0.15) is 0 Å². The van der Waals surface area contributed by atoms with E-state index < -0.39 is 0 Å². The molecule has 0 aliphatic rings. The molecule has 1 heterocycles. The zero-order valence-electron chi connectivity index (χ0n) is 2.90. The zero-order chi connectivity index (χ0) is 3.54. The molecular weight excluding hydrogens is 250 g/mol. The van der Waals surface area contributed by atoms with Crippen LogP contribution in [0.4, 0.5) is 0 Å². The number of rotatable bonds is 0. The molecule has 4 heteroatoms. The van der Waals surface area contributed by atoms with E-state index in [2.05, 4.69) is 15.2 Å². The Labute approximate surface area is 49.4 Å². The van der Waals surface area contributed by atoms with Crippen LogP contribution < -0.4 is 5.10 Å². The summed E-state index contributed by atoms with van der Waals surface area (Å²) in [5.41, 5.74) is 0. The standard InChI is InChI=1S/C2H2N3.W/c1-3-2-5-4-1;/h1-2H;/q-1;. The number of hydrogen-bond acceptors (Lipinski definition) is 2. The zero-order valence-corrected chi connectivity index (χ0v) is 5.84. The summed E-state index contributed by atoms with van der Waals surface area (Å²) in [5, 5.41) is 6.72. The van der Waals surface area contributed by atoms with Crippen LogP contribution in [0.1, 0.15) is 0 Å². The minimum Gasteiger partial charge on any atom is -0.432 e. The molecule has 0 aliphatic carbocycles. The molecule has 3 nitrogen and oxygen atoms in total. The van der Waals surface area contributed by atoms with Crippen molar-refractivity contribution in [1.82, 2.24) is 15.2 Å². The molecule has 0 unspecified atom stereocenters.